The molecule has 1 unspecified atom stereocenters. The van der Waals surface area contributed by atoms with Gasteiger partial charge in [-0.1, -0.05) is 0 Å². The molecule has 5 rings (SSSR count). The molecule has 0 saturated carbocycles. The van der Waals surface area contributed by atoms with Crippen LogP contribution in [0.1, 0.15) is 37.5 Å². The highest BCUT2D eigenvalue weighted by Crippen LogP contribution is 2.36. The quantitative estimate of drug-likeness (QED) is 0.613. The Morgan fingerprint density at radius 3 is 2.53 bits per heavy atom. The van der Waals surface area contributed by atoms with Crippen LogP contribution in [0.4, 0.5) is 8.78 Å². The van der Waals surface area contributed by atoms with Gasteiger partial charge in [0.05, 0.1) is 24.4 Å². The molecule has 3 aromatic rings. The van der Waals surface area contributed by atoms with Crippen LogP contribution in [0.2, 0.25) is 0 Å². The molecule has 32 heavy (non-hydrogen) atoms. The molecule has 2 aromatic carbocycles. The standard InChI is InChI=1S/C24H25F2N3O3/c1-31-17-6-4-16(5-7-17)29-23(20-3-2-12-28(20)15-10-13-32-14-11-15)27-19-9-8-18(25)22(26)21(19)24(29)30/h4-9,15,20H,2-3,10-14H2,1H3. The Morgan fingerprint density at radius 2 is 1.81 bits per heavy atom. The van der Waals surface area contributed by atoms with Crippen molar-refractivity contribution in [3.05, 3.63) is 64.2 Å². The van der Waals surface area contributed by atoms with Crippen molar-refractivity contribution in [2.45, 2.75) is 37.8 Å². The Bertz CT molecular complexity index is 1190. The van der Waals surface area contributed by atoms with Gasteiger partial charge >= 0.3 is 0 Å². The van der Waals surface area contributed by atoms with Crippen LogP contribution < -0.4 is 10.3 Å². The lowest BCUT2D eigenvalue weighted by Gasteiger charge is -2.35. The second-order valence-corrected chi connectivity index (χ2v) is 8.30. The summed E-state index contributed by atoms with van der Waals surface area (Å²) in [6.45, 7) is 2.34. The molecule has 2 fully saturated rings. The number of hydrogen-bond donors (Lipinski definition) is 0. The Morgan fingerprint density at radius 1 is 1.06 bits per heavy atom. The van der Waals surface area contributed by atoms with Gasteiger partial charge in [0.1, 0.15) is 17.0 Å². The van der Waals surface area contributed by atoms with E-state index in [0.29, 0.717) is 23.3 Å². The minimum atomic E-state index is -1.17. The number of benzene rings is 2. The number of fused-ring (bicyclic) bond motifs is 1. The van der Waals surface area contributed by atoms with E-state index in [9.17, 15) is 13.6 Å². The highest BCUT2D eigenvalue weighted by atomic mass is 19.2. The molecule has 0 N–H and O–H groups in total. The topological polar surface area (TPSA) is 56.6 Å². The van der Waals surface area contributed by atoms with E-state index in [1.807, 2.05) is 0 Å². The largest absolute Gasteiger partial charge is 0.497 e. The van der Waals surface area contributed by atoms with Crippen LogP contribution in [0, 0.1) is 11.6 Å². The first-order valence-electron chi connectivity index (χ1n) is 11.0. The van der Waals surface area contributed by atoms with Crippen LogP contribution in [-0.4, -0.2) is 47.4 Å². The van der Waals surface area contributed by atoms with Gasteiger partial charge in [-0.25, -0.2) is 13.8 Å². The van der Waals surface area contributed by atoms with Gasteiger partial charge in [-0.2, -0.15) is 0 Å². The van der Waals surface area contributed by atoms with Crippen molar-refractivity contribution in [2.75, 3.05) is 26.9 Å². The first-order chi connectivity index (χ1) is 15.6. The number of rotatable bonds is 4. The molecule has 2 saturated heterocycles. The zero-order valence-electron chi connectivity index (χ0n) is 17.9. The monoisotopic (exact) mass is 441 g/mol. The van der Waals surface area contributed by atoms with Gasteiger partial charge in [0.2, 0.25) is 0 Å². The highest BCUT2D eigenvalue weighted by Gasteiger charge is 2.36. The highest BCUT2D eigenvalue weighted by molar-refractivity contribution is 5.79. The summed E-state index contributed by atoms with van der Waals surface area (Å²) in [7, 11) is 1.56. The van der Waals surface area contributed by atoms with Crippen LogP contribution >= 0.6 is 0 Å². The van der Waals surface area contributed by atoms with Crippen LogP contribution in [0.25, 0.3) is 16.6 Å². The third kappa shape index (κ3) is 3.57. The Hall–Kier alpha value is -2.84. The normalized spacial score (nSPS) is 20.2. The minimum absolute atomic E-state index is 0.0922. The fraction of sp³-hybridized carbons (Fsp3) is 0.417. The molecule has 0 bridgehead atoms. The summed E-state index contributed by atoms with van der Waals surface area (Å²) >= 11 is 0. The summed E-state index contributed by atoms with van der Waals surface area (Å²) in [6, 6.07) is 9.61. The fourth-order valence-corrected chi connectivity index (χ4v) is 4.95. The lowest BCUT2D eigenvalue weighted by atomic mass is 10.0. The zero-order valence-corrected chi connectivity index (χ0v) is 17.9. The molecule has 1 atom stereocenters. The molecule has 0 spiro atoms. The summed E-state index contributed by atoms with van der Waals surface area (Å²) < 4.78 is 40.9. The van der Waals surface area contributed by atoms with Gasteiger partial charge in [-0.3, -0.25) is 14.3 Å². The molecule has 6 nitrogen and oxygen atoms in total. The predicted octanol–water partition coefficient (Wildman–Crippen LogP) is 3.99. The molecule has 2 aliphatic heterocycles. The van der Waals surface area contributed by atoms with Gasteiger partial charge in [0, 0.05) is 19.3 Å². The van der Waals surface area contributed by atoms with E-state index >= 15 is 0 Å². The molecule has 0 amide bonds. The smallest absolute Gasteiger partial charge is 0.269 e. The minimum Gasteiger partial charge on any atom is -0.497 e. The number of hydrogen-bond acceptors (Lipinski definition) is 5. The molecular formula is C24H25F2N3O3. The van der Waals surface area contributed by atoms with Gasteiger partial charge in [0.25, 0.3) is 5.56 Å². The lowest BCUT2D eigenvalue weighted by Crippen LogP contribution is -2.41. The Balaban J connectivity index is 1.71. The van der Waals surface area contributed by atoms with Crippen molar-refractivity contribution in [1.82, 2.24) is 14.5 Å². The number of ether oxygens (including phenoxy) is 2. The third-order valence-corrected chi connectivity index (χ3v) is 6.54. The van der Waals surface area contributed by atoms with E-state index in [-0.39, 0.29) is 16.9 Å². The molecule has 0 aliphatic carbocycles. The lowest BCUT2D eigenvalue weighted by molar-refractivity contribution is 0.0276. The van der Waals surface area contributed by atoms with Crippen LogP contribution in [0.5, 0.6) is 5.75 Å². The van der Waals surface area contributed by atoms with Crippen molar-refractivity contribution >= 4 is 10.9 Å². The van der Waals surface area contributed by atoms with E-state index in [1.54, 1.807) is 31.4 Å². The maximum Gasteiger partial charge on any atom is 0.269 e. The van der Waals surface area contributed by atoms with E-state index in [1.165, 1.54) is 10.6 Å². The molecule has 2 aliphatic rings. The van der Waals surface area contributed by atoms with Crippen molar-refractivity contribution in [2.24, 2.45) is 0 Å². The van der Waals surface area contributed by atoms with Crippen molar-refractivity contribution in [3.63, 3.8) is 0 Å². The maximum absolute atomic E-state index is 14.7. The molecule has 0 radical (unpaired) electrons. The third-order valence-electron chi connectivity index (χ3n) is 6.54. The fourth-order valence-electron chi connectivity index (χ4n) is 4.95. The second kappa shape index (κ2) is 8.60. The SMILES string of the molecule is COc1ccc(-n2c(C3CCCN3C3CCOCC3)nc3ccc(F)c(F)c3c2=O)cc1. The average Bonchev–Trinajstić information content (AvgIpc) is 3.32. The van der Waals surface area contributed by atoms with Crippen LogP contribution in [-0.2, 0) is 4.74 Å². The number of methoxy groups -OCH3 is 1. The summed E-state index contributed by atoms with van der Waals surface area (Å²) in [5, 5.41) is -0.333. The van der Waals surface area contributed by atoms with Gasteiger partial charge < -0.3 is 9.47 Å². The summed E-state index contributed by atoms with van der Waals surface area (Å²) in [5.41, 5.74) is 0.112. The molecule has 8 heteroatoms. The van der Waals surface area contributed by atoms with Crippen molar-refractivity contribution in [3.8, 4) is 11.4 Å². The number of nitrogens with zero attached hydrogens (tertiary/aromatic N) is 3. The number of halogens is 2. The second-order valence-electron chi connectivity index (χ2n) is 8.30. The number of aromatic nitrogens is 2. The van der Waals surface area contributed by atoms with Gasteiger partial charge in [0.15, 0.2) is 11.6 Å². The average molecular weight is 441 g/mol. The van der Waals surface area contributed by atoms with E-state index in [2.05, 4.69) is 4.90 Å². The van der Waals surface area contributed by atoms with E-state index < -0.39 is 17.2 Å². The molecule has 168 valence electrons. The van der Waals surface area contributed by atoms with Crippen molar-refractivity contribution < 1.29 is 18.3 Å². The van der Waals surface area contributed by atoms with E-state index in [0.717, 1.165) is 51.5 Å². The molecule has 1 aromatic heterocycles. The summed E-state index contributed by atoms with van der Waals surface area (Å²) in [6.07, 6.45) is 3.68. The maximum atomic E-state index is 14.7. The zero-order chi connectivity index (χ0) is 22.2. The molecule has 3 heterocycles. The Labute approximate surface area is 184 Å². The molecular weight excluding hydrogens is 416 g/mol. The van der Waals surface area contributed by atoms with Crippen LogP contribution in [0.15, 0.2) is 41.2 Å². The van der Waals surface area contributed by atoms with Gasteiger partial charge in [-0.05, 0) is 68.6 Å². The Kier molecular flexibility index (Phi) is 5.65. The van der Waals surface area contributed by atoms with Crippen LogP contribution in [0.3, 0.4) is 0 Å². The van der Waals surface area contributed by atoms with Crippen molar-refractivity contribution in [1.29, 1.82) is 0 Å². The summed E-state index contributed by atoms with van der Waals surface area (Å²) in [4.78, 5) is 20.7. The van der Waals surface area contributed by atoms with Gasteiger partial charge in [-0.15, -0.1) is 0 Å². The predicted molar refractivity (Wildman–Crippen MR) is 116 cm³/mol. The summed E-state index contributed by atoms with van der Waals surface area (Å²) in [5.74, 6) is -1.03. The first kappa shape index (κ1) is 21.0. The first-order valence-corrected chi connectivity index (χ1v) is 11.0. The number of likely N-dealkylation sites (tertiary alicyclic amines) is 1. The van der Waals surface area contributed by atoms with E-state index in [4.69, 9.17) is 14.5 Å².